The summed E-state index contributed by atoms with van der Waals surface area (Å²) in [7, 11) is 0. The van der Waals surface area contributed by atoms with Crippen molar-refractivity contribution in [2.24, 2.45) is 5.73 Å². The molecule has 3 N–H and O–H groups in total. The number of nitrogens with one attached hydrogen (secondary N) is 1. The van der Waals surface area contributed by atoms with Crippen LogP contribution < -0.4 is 11.1 Å². The van der Waals surface area contributed by atoms with Gasteiger partial charge in [0.2, 0.25) is 0 Å². The van der Waals surface area contributed by atoms with E-state index in [0.29, 0.717) is 30.4 Å². The maximum Gasteiger partial charge on any atom is 0.271 e. The third kappa shape index (κ3) is 4.08. The summed E-state index contributed by atoms with van der Waals surface area (Å²) in [5.74, 6) is -0.172. The van der Waals surface area contributed by atoms with Crippen molar-refractivity contribution in [3.8, 4) is 0 Å². The maximum absolute atomic E-state index is 11.9. The Morgan fingerprint density at radius 1 is 1.35 bits per heavy atom. The van der Waals surface area contributed by atoms with E-state index in [4.69, 9.17) is 17.3 Å². The van der Waals surface area contributed by atoms with Crippen molar-refractivity contribution < 1.29 is 4.79 Å². The van der Waals surface area contributed by atoms with Crippen LogP contribution in [-0.4, -0.2) is 28.5 Å². The molecule has 2 aromatic rings. The molecule has 0 unspecified atom stereocenters. The first-order valence-electron chi connectivity index (χ1n) is 6.43. The van der Waals surface area contributed by atoms with E-state index in [0.717, 1.165) is 12.0 Å². The molecule has 0 radical (unpaired) electrons. The Bertz CT molecular complexity index is 565. The van der Waals surface area contributed by atoms with Crippen LogP contribution in [0.5, 0.6) is 0 Å². The molecule has 1 aromatic carbocycles. The van der Waals surface area contributed by atoms with Crippen LogP contribution in [0.1, 0.15) is 16.1 Å². The Kier molecular flexibility index (Phi) is 5.15. The molecule has 0 saturated carbocycles. The van der Waals surface area contributed by atoms with Gasteiger partial charge in [-0.2, -0.15) is 0 Å². The largest absolute Gasteiger partial charge is 0.350 e. The number of hydrogen-bond acceptors (Lipinski definition) is 3. The lowest BCUT2D eigenvalue weighted by atomic mass is 10.1. The number of hydrogen-bond donors (Lipinski definition) is 2. The van der Waals surface area contributed by atoms with Gasteiger partial charge in [0, 0.05) is 30.9 Å². The fourth-order valence-corrected chi connectivity index (χ4v) is 1.94. The van der Waals surface area contributed by atoms with E-state index in [1.807, 2.05) is 24.3 Å². The molecule has 0 aliphatic rings. The molecule has 6 heteroatoms. The van der Waals surface area contributed by atoms with Crippen LogP contribution in [0.25, 0.3) is 0 Å². The van der Waals surface area contributed by atoms with Gasteiger partial charge in [0.25, 0.3) is 5.91 Å². The van der Waals surface area contributed by atoms with E-state index in [1.54, 1.807) is 17.1 Å². The van der Waals surface area contributed by atoms with Crippen LogP contribution in [-0.2, 0) is 13.0 Å². The Balaban J connectivity index is 1.81. The third-order valence-corrected chi connectivity index (χ3v) is 3.12. The number of carbonyl (C=O) groups is 1. The quantitative estimate of drug-likeness (QED) is 0.847. The molecule has 1 amide bonds. The Morgan fingerprint density at radius 2 is 2.10 bits per heavy atom. The number of nitrogens with zero attached hydrogens (tertiary/aromatic N) is 2. The van der Waals surface area contributed by atoms with Crippen molar-refractivity contribution in [2.75, 3.05) is 13.1 Å². The second-order valence-corrected chi connectivity index (χ2v) is 4.85. The van der Waals surface area contributed by atoms with Gasteiger partial charge in [0.15, 0.2) is 0 Å². The number of rotatable bonds is 6. The van der Waals surface area contributed by atoms with E-state index in [-0.39, 0.29) is 5.91 Å². The molecule has 106 valence electrons. The number of imidazole rings is 1. The number of halogens is 1. The van der Waals surface area contributed by atoms with Crippen LogP contribution in [0, 0.1) is 0 Å². The van der Waals surface area contributed by atoms with E-state index in [9.17, 15) is 4.79 Å². The summed E-state index contributed by atoms with van der Waals surface area (Å²) in [5, 5.41) is 3.55. The summed E-state index contributed by atoms with van der Waals surface area (Å²) in [5.41, 5.74) is 6.98. The second-order valence-electron chi connectivity index (χ2n) is 4.42. The lowest BCUT2D eigenvalue weighted by molar-refractivity contribution is 0.0949. The Morgan fingerprint density at radius 3 is 2.80 bits per heavy atom. The van der Waals surface area contributed by atoms with Crippen LogP contribution in [0.3, 0.4) is 0 Å². The zero-order valence-corrected chi connectivity index (χ0v) is 11.8. The molecule has 0 saturated heterocycles. The summed E-state index contributed by atoms with van der Waals surface area (Å²) in [6.07, 6.45) is 4.07. The summed E-state index contributed by atoms with van der Waals surface area (Å²) < 4.78 is 1.80. The van der Waals surface area contributed by atoms with Gasteiger partial charge >= 0.3 is 0 Å². The standard InChI is InChI=1S/C14H17ClN4O/c15-12-3-1-11(2-4-12)5-7-17-14(20)13-9-19(8-6-16)10-18-13/h1-4,9-10H,5-8,16H2,(H,17,20). The lowest BCUT2D eigenvalue weighted by Gasteiger charge is -2.03. The number of carbonyl (C=O) groups excluding carboxylic acids is 1. The number of aromatic nitrogens is 2. The molecule has 20 heavy (non-hydrogen) atoms. The first-order valence-corrected chi connectivity index (χ1v) is 6.81. The van der Waals surface area contributed by atoms with E-state index < -0.39 is 0 Å². The van der Waals surface area contributed by atoms with Crippen LogP contribution >= 0.6 is 11.6 Å². The van der Waals surface area contributed by atoms with E-state index >= 15 is 0 Å². The molecule has 0 aliphatic heterocycles. The monoisotopic (exact) mass is 292 g/mol. The number of amides is 1. The highest BCUT2D eigenvalue weighted by atomic mass is 35.5. The SMILES string of the molecule is NCCn1cnc(C(=O)NCCc2ccc(Cl)cc2)c1. The topological polar surface area (TPSA) is 72.9 Å². The highest BCUT2D eigenvalue weighted by molar-refractivity contribution is 6.30. The van der Waals surface area contributed by atoms with Crippen molar-refractivity contribution >= 4 is 17.5 Å². The molecule has 0 spiro atoms. The van der Waals surface area contributed by atoms with Gasteiger partial charge in [-0.3, -0.25) is 4.79 Å². The molecule has 1 heterocycles. The predicted molar refractivity (Wildman–Crippen MR) is 78.8 cm³/mol. The molecule has 0 bridgehead atoms. The molecule has 0 aliphatic carbocycles. The predicted octanol–water partition coefficient (Wildman–Crippen LogP) is 1.47. The van der Waals surface area contributed by atoms with Gasteiger partial charge < -0.3 is 15.6 Å². The smallest absolute Gasteiger partial charge is 0.271 e. The summed E-state index contributed by atoms with van der Waals surface area (Å²) in [4.78, 5) is 15.9. The first-order chi connectivity index (χ1) is 9.69. The molecule has 5 nitrogen and oxygen atoms in total. The maximum atomic E-state index is 11.9. The average molecular weight is 293 g/mol. The molecule has 1 aromatic heterocycles. The fraction of sp³-hybridized carbons (Fsp3) is 0.286. The van der Waals surface area contributed by atoms with Gasteiger partial charge in [0.05, 0.1) is 6.33 Å². The Hall–Kier alpha value is -1.85. The van der Waals surface area contributed by atoms with Gasteiger partial charge in [-0.05, 0) is 24.1 Å². The summed E-state index contributed by atoms with van der Waals surface area (Å²) in [6, 6.07) is 7.58. The molecular weight excluding hydrogens is 276 g/mol. The van der Waals surface area contributed by atoms with Gasteiger partial charge in [-0.15, -0.1) is 0 Å². The van der Waals surface area contributed by atoms with Crippen LogP contribution in [0.4, 0.5) is 0 Å². The van der Waals surface area contributed by atoms with Gasteiger partial charge in [-0.1, -0.05) is 23.7 Å². The minimum atomic E-state index is -0.172. The minimum absolute atomic E-state index is 0.172. The molecular formula is C14H17ClN4O. The van der Waals surface area contributed by atoms with Crippen molar-refractivity contribution in [1.82, 2.24) is 14.9 Å². The molecule has 2 rings (SSSR count). The van der Waals surface area contributed by atoms with Crippen molar-refractivity contribution in [1.29, 1.82) is 0 Å². The van der Waals surface area contributed by atoms with E-state index in [2.05, 4.69) is 10.3 Å². The first kappa shape index (κ1) is 14.6. The highest BCUT2D eigenvalue weighted by Crippen LogP contribution is 2.09. The zero-order chi connectivity index (χ0) is 14.4. The number of benzene rings is 1. The molecule has 0 atom stereocenters. The van der Waals surface area contributed by atoms with E-state index in [1.165, 1.54) is 0 Å². The normalized spacial score (nSPS) is 10.5. The second kappa shape index (κ2) is 7.07. The fourth-order valence-electron chi connectivity index (χ4n) is 1.81. The zero-order valence-electron chi connectivity index (χ0n) is 11.1. The summed E-state index contributed by atoms with van der Waals surface area (Å²) >= 11 is 5.81. The lowest BCUT2D eigenvalue weighted by Crippen LogP contribution is -2.26. The highest BCUT2D eigenvalue weighted by Gasteiger charge is 2.08. The van der Waals surface area contributed by atoms with Crippen molar-refractivity contribution in [3.05, 3.63) is 53.1 Å². The average Bonchev–Trinajstić information content (AvgIpc) is 2.90. The van der Waals surface area contributed by atoms with Gasteiger partial charge in [0.1, 0.15) is 5.69 Å². The van der Waals surface area contributed by atoms with Crippen molar-refractivity contribution in [2.45, 2.75) is 13.0 Å². The summed E-state index contributed by atoms with van der Waals surface area (Å²) in [6.45, 7) is 1.74. The van der Waals surface area contributed by atoms with Crippen LogP contribution in [0.2, 0.25) is 5.02 Å². The number of nitrogens with two attached hydrogens (primary N) is 1. The van der Waals surface area contributed by atoms with Crippen molar-refractivity contribution in [3.63, 3.8) is 0 Å². The van der Waals surface area contributed by atoms with Gasteiger partial charge in [-0.25, -0.2) is 4.98 Å². The third-order valence-electron chi connectivity index (χ3n) is 2.87. The Labute approximate surface area is 122 Å². The minimum Gasteiger partial charge on any atom is -0.350 e. The molecule has 0 fully saturated rings. The van der Waals surface area contributed by atoms with Crippen LogP contribution in [0.15, 0.2) is 36.8 Å².